The zero-order valence-corrected chi connectivity index (χ0v) is 13.1. The molecule has 118 valence electrons. The number of nitrogens with zero attached hydrogens (tertiary/aromatic N) is 3. The molecule has 0 saturated heterocycles. The molecule has 5 heteroatoms. The molecule has 0 aliphatic rings. The van der Waals surface area contributed by atoms with Gasteiger partial charge in [-0.2, -0.15) is 5.10 Å². The van der Waals surface area contributed by atoms with Gasteiger partial charge in [0.05, 0.1) is 12.3 Å². The number of aliphatic hydroxyl groups excluding tert-OH is 1. The smallest absolute Gasteiger partial charge is 0.138 e. The number of hydrogen-bond acceptors (Lipinski definition) is 4. The highest BCUT2D eigenvalue weighted by atomic mass is 16.3. The van der Waals surface area contributed by atoms with Crippen molar-refractivity contribution in [1.82, 2.24) is 20.1 Å². The van der Waals surface area contributed by atoms with E-state index in [-0.39, 0.29) is 12.6 Å². The molecule has 0 saturated carbocycles. The van der Waals surface area contributed by atoms with Crippen molar-refractivity contribution in [2.24, 2.45) is 0 Å². The lowest BCUT2D eigenvalue weighted by molar-refractivity contribution is 0.282. The van der Waals surface area contributed by atoms with Gasteiger partial charge in [-0.3, -0.25) is 0 Å². The minimum absolute atomic E-state index is 0.0855. The van der Waals surface area contributed by atoms with Crippen molar-refractivity contribution in [2.75, 3.05) is 0 Å². The van der Waals surface area contributed by atoms with Crippen LogP contribution in [0.1, 0.15) is 29.7 Å². The minimum atomic E-state index is 0.0855. The molecule has 0 fully saturated rings. The highest BCUT2D eigenvalue weighted by Gasteiger charge is 2.06. The summed E-state index contributed by atoms with van der Waals surface area (Å²) in [5.74, 6) is 0. The van der Waals surface area contributed by atoms with Crippen LogP contribution in [0, 0.1) is 0 Å². The molecule has 3 rings (SSSR count). The number of nitrogens with one attached hydrogen (secondary N) is 1. The summed E-state index contributed by atoms with van der Waals surface area (Å²) >= 11 is 0. The molecule has 1 aromatic heterocycles. The second kappa shape index (κ2) is 7.17. The zero-order chi connectivity index (χ0) is 16.1. The maximum absolute atomic E-state index is 9.06. The number of hydrogen-bond donors (Lipinski definition) is 2. The molecule has 0 aliphatic carbocycles. The molecule has 1 heterocycles. The van der Waals surface area contributed by atoms with Crippen LogP contribution >= 0.6 is 0 Å². The summed E-state index contributed by atoms with van der Waals surface area (Å²) < 4.78 is 1.74. The monoisotopic (exact) mass is 308 g/mol. The molecular formula is C18H20N4O. The Kier molecular flexibility index (Phi) is 4.80. The summed E-state index contributed by atoms with van der Waals surface area (Å²) in [5, 5.41) is 16.7. The van der Waals surface area contributed by atoms with Gasteiger partial charge in [0, 0.05) is 12.6 Å². The highest BCUT2D eigenvalue weighted by molar-refractivity contribution is 5.34. The van der Waals surface area contributed by atoms with E-state index in [1.807, 2.05) is 36.4 Å². The fourth-order valence-electron chi connectivity index (χ4n) is 2.41. The summed E-state index contributed by atoms with van der Waals surface area (Å²) in [6, 6.07) is 16.5. The minimum Gasteiger partial charge on any atom is -0.392 e. The van der Waals surface area contributed by atoms with E-state index in [1.165, 1.54) is 17.5 Å². The maximum atomic E-state index is 9.06. The quantitative estimate of drug-likeness (QED) is 0.735. The Morgan fingerprint density at radius 3 is 2.35 bits per heavy atom. The molecule has 5 nitrogen and oxygen atoms in total. The van der Waals surface area contributed by atoms with Gasteiger partial charge in [0.25, 0.3) is 0 Å². The van der Waals surface area contributed by atoms with Gasteiger partial charge < -0.3 is 10.4 Å². The number of rotatable bonds is 6. The van der Waals surface area contributed by atoms with Crippen molar-refractivity contribution in [3.05, 3.63) is 77.9 Å². The van der Waals surface area contributed by atoms with Gasteiger partial charge >= 0.3 is 0 Å². The van der Waals surface area contributed by atoms with E-state index in [9.17, 15) is 0 Å². The summed E-state index contributed by atoms with van der Waals surface area (Å²) in [4.78, 5) is 3.96. The number of aliphatic hydroxyl groups is 1. The standard InChI is InChI=1S/C18H20N4O/c1-14(20-10-15-2-4-16(11-23)5-3-15)17-6-8-18(9-7-17)22-13-19-12-21-22/h2-9,12-14,20,23H,10-11H2,1H3. The van der Waals surface area contributed by atoms with Gasteiger partial charge in [0.1, 0.15) is 12.7 Å². The van der Waals surface area contributed by atoms with Gasteiger partial charge in [0.2, 0.25) is 0 Å². The lowest BCUT2D eigenvalue weighted by atomic mass is 10.1. The Balaban J connectivity index is 1.60. The van der Waals surface area contributed by atoms with Crippen molar-refractivity contribution in [1.29, 1.82) is 0 Å². The fraction of sp³-hybridized carbons (Fsp3) is 0.222. The first-order valence-electron chi connectivity index (χ1n) is 7.63. The fourth-order valence-corrected chi connectivity index (χ4v) is 2.41. The van der Waals surface area contributed by atoms with E-state index in [4.69, 9.17) is 5.11 Å². The van der Waals surface area contributed by atoms with Crippen LogP contribution < -0.4 is 5.32 Å². The third-order valence-corrected chi connectivity index (χ3v) is 3.89. The topological polar surface area (TPSA) is 63.0 Å². The molecule has 0 radical (unpaired) electrons. The Bertz CT molecular complexity index is 721. The molecule has 3 aromatic rings. The molecule has 23 heavy (non-hydrogen) atoms. The first-order valence-corrected chi connectivity index (χ1v) is 7.63. The Hall–Kier alpha value is -2.50. The van der Waals surface area contributed by atoms with E-state index < -0.39 is 0 Å². The predicted octanol–water partition coefficient (Wildman–Crippen LogP) is 2.61. The molecule has 1 atom stereocenters. The SMILES string of the molecule is CC(NCc1ccc(CO)cc1)c1ccc(-n2cncn2)cc1. The second-order valence-corrected chi connectivity index (χ2v) is 5.51. The van der Waals surface area contributed by atoms with Crippen LogP contribution in [0.5, 0.6) is 0 Å². The molecule has 0 aliphatic heterocycles. The second-order valence-electron chi connectivity index (χ2n) is 5.51. The van der Waals surface area contributed by atoms with Crippen molar-refractivity contribution >= 4 is 0 Å². The van der Waals surface area contributed by atoms with E-state index >= 15 is 0 Å². The number of aromatic nitrogens is 3. The van der Waals surface area contributed by atoms with Crippen LogP contribution in [0.25, 0.3) is 5.69 Å². The van der Waals surface area contributed by atoms with Crippen LogP contribution in [0.15, 0.2) is 61.2 Å². The largest absolute Gasteiger partial charge is 0.392 e. The van der Waals surface area contributed by atoms with Gasteiger partial charge in [-0.25, -0.2) is 9.67 Å². The lowest BCUT2D eigenvalue weighted by Crippen LogP contribution is -2.18. The first kappa shape index (κ1) is 15.4. The van der Waals surface area contributed by atoms with E-state index in [1.54, 1.807) is 11.0 Å². The molecule has 2 N–H and O–H groups in total. The molecule has 1 unspecified atom stereocenters. The Morgan fingerprint density at radius 1 is 1.04 bits per heavy atom. The lowest BCUT2D eigenvalue weighted by Gasteiger charge is -2.15. The number of benzene rings is 2. The maximum Gasteiger partial charge on any atom is 0.138 e. The van der Waals surface area contributed by atoms with Crippen LogP contribution in [0.3, 0.4) is 0 Å². The first-order chi connectivity index (χ1) is 11.3. The molecule has 0 spiro atoms. The summed E-state index contributed by atoms with van der Waals surface area (Å²) in [6.07, 6.45) is 3.22. The molecule has 0 bridgehead atoms. The van der Waals surface area contributed by atoms with Crippen molar-refractivity contribution in [2.45, 2.75) is 26.1 Å². The van der Waals surface area contributed by atoms with Gasteiger partial charge in [0.15, 0.2) is 0 Å². The highest BCUT2D eigenvalue weighted by Crippen LogP contribution is 2.16. The third-order valence-electron chi connectivity index (χ3n) is 3.89. The molecular weight excluding hydrogens is 288 g/mol. The van der Waals surface area contributed by atoms with Crippen molar-refractivity contribution < 1.29 is 5.11 Å². The van der Waals surface area contributed by atoms with Crippen LogP contribution in [0.2, 0.25) is 0 Å². The van der Waals surface area contributed by atoms with Crippen LogP contribution in [-0.2, 0) is 13.2 Å². The van der Waals surface area contributed by atoms with E-state index in [0.717, 1.165) is 17.8 Å². The summed E-state index contributed by atoms with van der Waals surface area (Å²) in [7, 11) is 0. The normalized spacial score (nSPS) is 12.3. The molecule has 2 aromatic carbocycles. The molecule has 0 amide bonds. The van der Waals surface area contributed by atoms with Crippen molar-refractivity contribution in [3.63, 3.8) is 0 Å². The summed E-state index contributed by atoms with van der Waals surface area (Å²) in [6.45, 7) is 3.02. The van der Waals surface area contributed by atoms with E-state index in [0.29, 0.717) is 0 Å². The average Bonchev–Trinajstić information content (AvgIpc) is 3.15. The summed E-state index contributed by atoms with van der Waals surface area (Å²) in [5.41, 5.74) is 4.36. The average molecular weight is 308 g/mol. The van der Waals surface area contributed by atoms with Gasteiger partial charge in [-0.1, -0.05) is 36.4 Å². The van der Waals surface area contributed by atoms with Gasteiger partial charge in [-0.15, -0.1) is 0 Å². The van der Waals surface area contributed by atoms with E-state index in [2.05, 4.69) is 34.5 Å². The third kappa shape index (κ3) is 3.83. The van der Waals surface area contributed by atoms with Crippen LogP contribution in [-0.4, -0.2) is 19.9 Å². The van der Waals surface area contributed by atoms with Gasteiger partial charge in [-0.05, 0) is 35.7 Å². The Morgan fingerprint density at radius 2 is 1.74 bits per heavy atom. The van der Waals surface area contributed by atoms with Crippen molar-refractivity contribution in [3.8, 4) is 5.69 Å². The Labute approximate surface area is 135 Å². The van der Waals surface area contributed by atoms with Crippen LogP contribution in [0.4, 0.5) is 0 Å². The predicted molar refractivity (Wildman–Crippen MR) is 89.0 cm³/mol. The zero-order valence-electron chi connectivity index (χ0n) is 13.1.